The van der Waals surface area contributed by atoms with Crippen LogP contribution in [0.1, 0.15) is 12.8 Å². The van der Waals surface area contributed by atoms with Gasteiger partial charge in [0.2, 0.25) is 5.91 Å². The Hall–Kier alpha value is -0.930. The number of thiocarbonyl (C=S) groups is 1. The molecule has 0 atom stereocenters. The first-order valence-corrected chi connectivity index (χ1v) is 6.49. The highest BCUT2D eigenvalue weighted by Crippen LogP contribution is 2.31. The van der Waals surface area contributed by atoms with Gasteiger partial charge in [0.25, 0.3) is 0 Å². The zero-order valence-corrected chi connectivity index (χ0v) is 11.6. The lowest BCUT2D eigenvalue weighted by atomic mass is 9.79. The van der Waals surface area contributed by atoms with Gasteiger partial charge in [-0.3, -0.25) is 4.79 Å². The monoisotopic (exact) mass is 314 g/mol. The Morgan fingerprint density at radius 1 is 1.40 bits per heavy atom. The van der Waals surface area contributed by atoms with E-state index in [0.29, 0.717) is 26.1 Å². The molecule has 116 valence electrons. The Balaban J connectivity index is 2.38. The molecule has 0 radical (unpaired) electrons. The van der Waals surface area contributed by atoms with Crippen LogP contribution >= 0.6 is 12.2 Å². The molecule has 1 aliphatic rings. The second-order valence-corrected chi connectivity index (χ2v) is 4.92. The van der Waals surface area contributed by atoms with E-state index in [0.717, 1.165) is 0 Å². The van der Waals surface area contributed by atoms with Crippen molar-refractivity contribution in [1.29, 1.82) is 0 Å². The van der Waals surface area contributed by atoms with Crippen LogP contribution in [0.4, 0.5) is 13.2 Å². The molecule has 1 heterocycles. The van der Waals surface area contributed by atoms with Crippen molar-refractivity contribution in [1.82, 2.24) is 5.32 Å². The van der Waals surface area contributed by atoms with Crippen LogP contribution in [0.25, 0.3) is 0 Å². The molecular formula is C11H17F3N2O3S. The van der Waals surface area contributed by atoms with Crippen molar-refractivity contribution >= 4 is 23.1 Å². The van der Waals surface area contributed by atoms with Crippen LogP contribution in [0.2, 0.25) is 0 Å². The van der Waals surface area contributed by atoms with Crippen molar-refractivity contribution in [2.45, 2.75) is 19.0 Å². The van der Waals surface area contributed by atoms with Crippen molar-refractivity contribution in [3.8, 4) is 0 Å². The number of hydrogen-bond acceptors (Lipinski definition) is 4. The minimum absolute atomic E-state index is 0.0276. The number of hydrogen-bond donors (Lipinski definition) is 2. The average Bonchev–Trinajstić information content (AvgIpc) is 2.37. The normalized spacial score (nSPS) is 18.6. The summed E-state index contributed by atoms with van der Waals surface area (Å²) in [5, 5.41) is 2.51. The Morgan fingerprint density at radius 3 is 2.50 bits per heavy atom. The number of carbonyl (C=O) groups is 1. The highest BCUT2D eigenvalue weighted by Gasteiger charge is 2.42. The van der Waals surface area contributed by atoms with E-state index in [2.05, 4.69) is 10.1 Å². The fourth-order valence-electron chi connectivity index (χ4n) is 1.90. The SMILES string of the molecule is NC(=S)C1(C(=O)NCCOCC(F)(F)F)CCOCC1. The van der Waals surface area contributed by atoms with Crippen molar-refractivity contribution in [2.75, 3.05) is 33.0 Å². The van der Waals surface area contributed by atoms with E-state index in [1.54, 1.807) is 0 Å². The summed E-state index contributed by atoms with van der Waals surface area (Å²) in [5.41, 5.74) is 4.65. The summed E-state index contributed by atoms with van der Waals surface area (Å²) in [6.07, 6.45) is -3.63. The third-order valence-electron chi connectivity index (χ3n) is 3.05. The van der Waals surface area contributed by atoms with Gasteiger partial charge in [0.1, 0.15) is 12.0 Å². The summed E-state index contributed by atoms with van der Waals surface area (Å²) < 4.78 is 45.1. The number of ether oxygens (including phenoxy) is 2. The molecule has 1 aliphatic heterocycles. The summed E-state index contributed by atoms with van der Waals surface area (Å²) in [6, 6.07) is 0. The Morgan fingerprint density at radius 2 is 2.00 bits per heavy atom. The smallest absolute Gasteiger partial charge is 0.392 e. The number of halogens is 3. The molecule has 1 amide bonds. The second-order valence-electron chi connectivity index (χ2n) is 4.48. The maximum atomic E-state index is 12.1. The van der Waals surface area contributed by atoms with E-state index in [1.807, 2.05) is 0 Å². The molecule has 0 unspecified atom stereocenters. The van der Waals surface area contributed by atoms with E-state index in [-0.39, 0.29) is 24.0 Å². The van der Waals surface area contributed by atoms with E-state index in [4.69, 9.17) is 22.7 Å². The van der Waals surface area contributed by atoms with Gasteiger partial charge in [-0.25, -0.2) is 0 Å². The molecule has 1 fully saturated rings. The lowest BCUT2D eigenvalue weighted by molar-refractivity contribution is -0.173. The Bertz CT molecular complexity index is 357. The topological polar surface area (TPSA) is 73.6 Å². The minimum atomic E-state index is -4.37. The van der Waals surface area contributed by atoms with E-state index < -0.39 is 18.2 Å². The van der Waals surface area contributed by atoms with Gasteiger partial charge in [0.15, 0.2) is 0 Å². The molecule has 1 saturated heterocycles. The van der Waals surface area contributed by atoms with Crippen molar-refractivity contribution in [3.63, 3.8) is 0 Å². The van der Waals surface area contributed by atoms with E-state index >= 15 is 0 Å². The zero-order chi connectivity index (χ0) is 15.2. The van der Waals surface area contributed by atoms with Crippen LogP contribution in [0.5, 0.6) is 0 Å². The quantitative estimate of drug-likeness (QED) is 0.559. The zero-order valence-electron chi connectivity index (χ0n) is 10.8. The van der Waals surface area contributed by atoms with Crippen LogP contribution in [-0.2, 0) is 14.3 Å². The molecule has 3 N–H and O–H groups in total. The van der Waals surface area contributed by atoms with Gasteiger partial charge in [0.05, 0.1) is 11.6 Å². The molecule has 0 aliphatic carbocycles. The minimum Gasteiger partial charge on any atom is -0.392 e. The fraction of sp³-hybridized carbons (Fsp3) is 0.818. The number of nitrogens with one attached hydrogen (secondary N) is 1. The second kappa shape index (κ2) is 7.19. The summed E-state index contributed by atoms with van der Waals surface area (Å²) in [4.78, 5) is 12.2. The number of alkyl halides is 3. The predicted octanol–water partition coefficient (Wildman–Crippen LogP) is 0.764. The molecule has 0 aromatic heterocycles. The Labute approximate surface area is 120 Å². The van der Waals surface area contributed by atoms with Gasteiger partial charge in [-0.15, -0.1) is 0 Å². The van der Waals surface area contributed by atoms with Crippen LogP contribution < -0.4 is 11.1 Å². The highest BCUT2D eigenvalue weighted by molar-refractivity contribution is 7.80. The largest absolute Gasteiger partial charge is 0.411 e. The lowest BCUT2D eigenvalue weighted by Crippen LogP contribution is -2.52. The van der Waals surface area contributed by atoms with Gasteiger partial charge in [-0.05, 0) is 12.8 Å². The molecule has 0 aromatic carbocycles. The molecule has 0 saturated carbocycles. The van der Waals surface area contributed by atoms with E-state index in [9.17, 15) is 18.0 Å². The Kier molecular flexibility index (Phi) is 6.15. The molecule has 0 spiro atoms. The molecule has 20 heavy (non-hydrogen) atoms. The van der Waals surface area contributed by atoms with Crippen LogP contribution in [0.15, 0.2) is 0 Å². The summed E-state index contributed by atoms with van der Waals surface area (Å²) in [7, 11) is 0. The van der Waals surface area contributed by atoms with Crippen molar-refractivity contribution in [3.05, 3.63) is 0 Å². The maximum absolute atomic E-state index is 12.1. The maximum Gasteiger partial charge on any atom is 0.411 e. The van der Waals surface area contributed by atoms with Gasteiger partial charge >= 0.3 is 6.18 Å². The van der Waals surface area contributed by atoms with Crippen LogP contribution in [-0.4, -0.2) is 50.0 Å². The van der Waals surface area contributed by atoms with Gasteiger partial charge in [0, 0.05) is 19.8 Å². The third kappa shape index (κ3) is 4.88. The molecular weight excluding hydrogens is 297 g/mol. The van der Waals surface area contributed by atoms with Crippen molar-refractivity contribution < 1.29 is 27.4 Å². The van der Waals surface area contributed by atoms with Gasteiger partial charge in [-0.1, -0.05) is 12.2 Å². The number of amides is 1. The standard InChI is InChI=1S/C11H17F3N2O3S/c12-11(13,14)7-19-6-3-16-9(17)10(8(15)20)1-4-18-5-2-10/h1-7H2,(H2,15,20)(H,16,17). The molecule has 5 nitrogen and oxygen atoms in total. The van der Waals surface area contributed by atoms with E-state index in [1.165, 1.54) is 0 Å². The highest BCUT2D eigenvalue weighted by atomic mass is 32.1. The molecule has 1 rings (SSSR count). The fourth-order valence-corrected chi connectivity index (χ4v) is 2.20. The van der Waals surface area contributed by atoms with Crippen LogP contribution in [0, 0.1) is 5.41 Å². The first-order valence-electron chi connectivity index (χ1n) is 6.08. The number of carbonyl (C=O) groups excluding carboxylic acids is 1. The lowest BCUT2D eigenvalue weighted by Gasteiger charge is -2.34. The predicted molar refractivity (Wildman–Crippen MR) is 69.2 cm³/mol. The summed E-state index contributed by atoms with van der Waals surface area (Å²) in [6.45, 7) is -0.850. The molecule has 0 aromatic rings. The summed E-state index contributed by atoms with van der Waals surface area (Å²) >= 11 is 4.94. The summed E-state index contributed by atoms with van der Waals surface area (Å²) in [5.74, 6) is -0.385. The van der Waals surface area contributed by atoms with Crippen LogP contribution in [0.3, 0.4) is 0 Å². The third-order valence-corrected chi connectivity index (χ3v) is 3.44. The van der Waals surface area contributed by atoms with Gasteiger partial charge < -0.3 is 20.5 Å². The molecule has 9 heteroatoms. The number of rotatable bonds is 6. The van der Waals surface area contributed by atoms with Crippen molar-refractivity contribution in [2.24, 2.45) is 11.1 Å². The average molecular weight is 314 g/mol. The number of nitrogens with two attached hydrogens (primary N) is 1. The first-order chi connectivity index (χ1) is 9.28. The first kappa shape index (κ1) is 17.1. The van der Waals surface area contributed by atoms with Gasteiger partial charge in [-0.2, -0.15) is 13.2 Å². The molecule has 0 bridgehead atoms.